The molecule has 0 radical (unpaired) electrons. The molecular weight excluding hydrogens is 398 g/mol. The molecule has 0 saturated carbocycles. The highest BCUT2D eigenvalue weighted by Gasteiger charge is 2.17. The minimum atomic E-state index is -0.179. The number of nitrogens with one attached hydrogen (secondary N) is 1. The Morgan fingerprint density at radius 2 is 1.73 bits per heavy atom. The van der Waals surface area contributed by atoms with E-state index in [2.05, 4.69) is 5.32 Å². The Labute approximate surface area is 180 Å². The minimum Gasteiger partial charge on any atom is -0.497 e. The first-order valence-corrected chi connectivity index (χ1v) is 10.3. The van der Waals surface area contributed by atoms with Crippen LogP contribution in [-0.2, 0) is 0 Å². The first kappa shape index (κ1) is 21.5. The zero-order valence-electron chi connectivity index (χ0n) is 17.7. The summed E-state index contributed by atoms with van der Waals surface area (Å²) in [6.45, 7) is 3.89. The Morgan fingerprint density at radius 3 is 2.37 bits per heavy atom. The predicted octanol–water partition coefficient (Wildman–Crippen LogP) is 5.13. The lowest BCUT2D eigenvalue weighted by molar-refractivity contribution is 0.102. The van der Waals surface area contributed by atoms with Gasteiger partial charge in [0.25, 0.3) is 11.1 Å². The summed E-state index contributed by atoms with van der Waals surface area (Å²) >= 11 is 1.14. The zero-order chi connectivity index (χ0) is 21.8. The molecule has 0 saturated heterocycles. The van der Waals surface area contributed by atoms with Crippen LogP contribution in [0.4, 0.5) is 10.5 Å². The molecule has 0 aliphatic carbocycles. The highest BCUT2D eigenvalue weighted by atomic mass is 32.2. The van der Waals surface area contributed by atoms with Crippen molar-refractivity contribution in [3.05, 3.63) is 71.5 Å². The fraction of sp³-hybridized carbons (Fsp3) is 0.217. The molecule has 0 aliphatic rings. The number of thioether (sulfide) groups is 1. The third-order valence-electron chi connectivity index (χ3n) is 4.67. The fourth-order valence-corrected chi connectivity index (χ4v) is 3.79. The normalized spacial score (nSPS) is 10.6. The highest BCUT2D eigenvalue weighted by molar-refractivity contribution is 8.13. The van der Waals surface area contributed by atoms with E-state index in [1.165, 1.54) is 4.90 Å². The van der Waals surface area contributed by atoms with Crippen LogP contribution in [0.5, 0.6) is 5.75 Å². The molecule has 2 amide bonds. The van der Waals surface area contributed by atoms with Gasteiger partial charge in [-0.15, -0.1) is 0 Å². The van der Waals surface area contributed by atoms with Gasteiger partial charge in [-0.1, -0.05) is 6.07 Å². The van der Waals surface area contributed by atoms with Gasteiger partial charge in [-0.05, 0) is 68.1 Å². The SMILES string of the molecule is COc1cccc(-n2c(C)cc(C(=O)Nc3ccc(SC(=O)N(C)C)cc3)c2C)c1. The van der Waals surface area contributed by atoms with Crippen molar-refractivity contribution in [1.29, 1.82) is 0 Å². The van der Waals surface area contributed by atoms with Crippen molar-refractivity contribution >= 4 is 28.6 Å². The molecule has 0 bridgehead atoms. The molecule has 0 spiro atoms. The van der Waals surface area contributed by atoms with Crippen molar-refractivity contribution in [1.82, 2.24) is 9.47 Å². The van der Waals surface area contributed by atoms with Crippen LogP contribution in [0.15, 0.2) is 59.5 Å². The smallest absolute Gasteiger partial charge is 0.285 e. The molecule has 0 aliphatic heterocycles. The van der Waals surface area contributed by atoms with Gasteiger partial charge in [-0.3, -0.25) is 9.59 Å². The first-order chi connectivity index (χ1) is 14.3. The fourth-order valence-electron chi connectivity index (χ4n) is 3.14. The molecule has 7 heteroatoms. The summed E-state index contributed by atoms with van der Waals surface area (Å²) in [5.41, 5.74) is 4.03. The third kappa shape index (κ3) is 4.68. The maximum atomic E-state index is 12.9. The Morgan fingerprint density at radius 1 is 1.03 bits per heavy atom. The second kappa shape index (κ2) is 9.09. The number of carbonyl (C=O) groups is 2. The Kier molecular flexibility index (Phi) is 6.52. The molecule has 1 N–H and O–H groups in total. The summed E-state index contributed by atoms with van der Waals surface area (Å²) < 4.78 is 7.35. The number of aryl methyl sites for hydroxylation is 1. The minimum absolute atomic E-state index is 0.0447. The van der Waals surface area contributed by atoms with Crippen LogP contribution < -0.4 is 10.1 Å². The monoisotopic (exact) mass is 423 g/mol. The van der Waals surface area contributed by atoms with E-state index in [9.17, 15) is 9.59 Å². The predicted molar refractivity (Wildman–Crippen MR) is 121 cm³/mol. The Balaban J connectivity index is 1.78. The van der Waals surface area contributed by atoms with E-state index in [4.69, 9.17) is 4.74 Å². The summed E-state index contributed by atoms with van der Waals surface area (Å²) in [4.78, 5) is 27.0. The zero-order valence-corrected chi connectivity index (χ0v) is 18.5. The summed E-state index contributed by atoms with van der Waals surface area (Å²) in [6.07, 6.45) is 0. The van der Waals surface area contributed by atoms with Gasteiger partial charge in [-0.25, -0.2) is 0 Å². The summed E-state index contributed by atoms with van der Waals surface area (Å²) in [6, 6.07) is 16.8. The number of hydrogen-bond acceptors (Lipinski definition) is 4. The van der Waals surface area contributed by atoms with Gasteiger partial charge < -0.3 is 19.5 Å². The van der Waals surface area contributed by atoms with E-state index in [0.717, 1.165) is 39.5 Å². The molecular formula is C23H25N3O3S. The number of nitrogens with zero attached hydrogens (tertiary/aromatic N) is 2. The second-order valence-corrected chi connectivity index (χ2v) is 8.09. The first-order valence-electron chi connectivity index (χ1n) is 9.44. The number of carbonyl (C=O) groups excluding carboxylic acids is 2. The van der Waals surface area contributed by atoms with Crippen LogP contribution in [0.3, 0.4) is 0 Å². The van der Waals surface area contributed by atoms with Crippen molar-refractivity contribution in [2.75, 3.05) is 26.5 Å². The van der Waals surface area contributed by atoms with Crippen LogP contribution in [0.25, 0.3) is 5.69 Å². The third-order valence-corrected chi connectivity index (χ3v) is 5.72. The topological polar surface area (TPSA) is 63.6 Å². The van der Waals surface area contributed by atoms with Gasteiger partial charge in [0, 0.05) is 47.8 Å². The number of anilines is 1. The average molecular weight is 424 g/mol. The summed E-state index contributed by atoms with van der Waals surface area (Å²) in [5.74, 6) is 0.582. The lowest BCUT2D eigenvalue weighted by Gasteiger charge is -2.12. The molecule has 0 unspecified atom stereocenters. The molecule has 0 fully saturated rings. The number of methoxy groups -OCH3 is 1. The van der Waals surface area contributed by atoms with E-state index in [-0.39, 0.29) is 11.1 Å². The van der Waals surface area contributed by atoms with E-state index < -0.39 is 0 Å². The van der Waals surface area contributed by atoms with Gasteiger partial charge in [-0.2, -0.15) is 0 Å². The molecule has 2 aromatic carbocycles. The van der Waals surface area contributed by atoms with E-state index in [0.29, 0.717) is 11.3 Å². The van der Waals surface area contributed by atoms with Gasteiger partial charge in [0.1, 0.15) is 5.75 Å². The van der Waals surface area contributed by atoms with Gasteiger partial charge >= 0.3 is 0 Å². The number of amides is 2. The van der Waals surface area contributed by atoms with Crippen molar-refractivity contribution in [3.8, 4) is 11.4 Å². The van der Waals surface area contributed by atoms with Crippen molar-refractivity contribution in [2.45, 2.75) is 18.7 Å². The molecule has 1 heterocycles. The van der Waals surface area contributed by atoms with Crippen LogP contribution in [0.1, 0.15) is 21.7 Å². The molecule has 156 valence electrons. The van der Waals surface area contributed by atoms with Crippen molar-refractivity contribution in [2.24, 2.45) is 0 Å². The van der Waals surface area contributed by atoms with Gasteiger partial charge in [0.15, 0.2) is 0 Å². The molecule has 6 nitrogen and oxygen atoms in total. The standard InChI is InChI=1S/C23H25N3O3S/c1-15-13-21(16(2)26(15)18-7-6-8-19(14-18)29-5)22(27)24-17-9-11-20(12-10-17)30-23(28)25(3)4/h6-14H,1-5H3,(H,24,27). The van der Waals surface area contributed by atoms with Crippen LogP contribution in [0.2, 0.25) is 0 Å². The highest BCUT2D eigenvalue weighted by Crippen LogP contribution is 2.26. The van der Waals surface area contributed by atoms with Crippen molar-refractivity contribution < 1.29 is 14.3 Å². The molecule has 30 heavy (non-hydrogen) atoms. The Bertz CT molecular complexity index is 1070. The number of hydrogen-bond donors (Lipinski definition) is 1. The number of aromatic nitrogens is 1. The maximum Gasteiger partial charge on any atom is 0.285 e. The second-order valence-electron chi connectivity index (χ2n) is 7.06. The van der Waals surface area contributed by atoms with Gasteiger partial charge in [0.2, 0.25) is 0 Å². The largest absolute Gasteiger partial charge is 0.497 e. The maximum absolute atomic E-state index is 12.9. The van der Waals surface area contributed by atoms with Crippen LogP contribution in [-0.4, -0.2) is 41.8 Å². The number of rotatable bonds is 5. The lowest BCUT2D eigenvalue weighted by Crippen LogP contribution is -2.16. The molecule has 1 aromatic heterocycles. The number of ether oxygens (including phenoxy) is 1. The van der Waals surface area contributed by atoms with Crippen LogP contribution in [0, 0.1) is 13.8 Å². The number of benzene rings is 2. The average Bonchev–Trinajstić information content (AvgIpc) is 3.03. The molecule has 3 rings (SSSR count). The Hall–Kier alpha value is -3.19. The van der Waals surface area contributed by atoms with E-state index >= 15 is 0 Å². The van der Waals surface area contributed by atoms with Crippen molar-refractivity contribution in [3.63, 3.8) is 0 Å². The lowest BCUT2D eigenvalue weighted by atomic mass is 10.2. The van der Waals surface area contributed by atoms with E-state index in [1.54, 1.807) is 33.3 Å². The van der Waals surface area contributed by atoms with Gasteiger partial charge in [0.05, 0.1) is 12.7 Å². The quantitative estimate of drug-likeness (QED) is 0.578. The summed E-state index contributed by atoms with van der Waals surface area (Å²) in [7, 11) is 5.06. The molecule has 0 atom stereocenters. The molecule has 3 aromatic rings. The summed E-state index contributed by atoms with van der Waals surface area (Å²) in [5, 5.41) is 2.89. The van der Waals surface area contributed by atoms with Crippen LogP contribution >= 0.6 is 11.8 Å². The van der Waals surface area contributed by atoms with E-state index in [1.807, 2.05) is 60.9 Å².